The van der Waals surface area contributed by atoms with E-state index < -0.39 is 0 Å². The van der Waals surface area contributed by atoms with Crippen molar-refractivity contribution in [2.75, 3.05) is 49.2 Å². The Hall–Kier alpha value is -4.44. The van der Waals surface area contributed by atoms with Crippen molar-refractivity contribution in [2.45, 2.75) is 80.8 Å². The van der Waals surface area contributed by atoms with Gasteiger partial charge in [0.05, 0.1) is 53.6 Å². The van der Waals surface area contributed by atoms with Crippen LogP contribution in [0.3, 0.4) is 0 Å². The summed E-state index contributed by atoms with van der Waals surface area (Å²) < 4.78 is 17.1. The Morgan fingerprint density at radius 1 is 0.667 bits per heavy atom. The van der Waals surface area contributed by atoms with E-state index in [1.807, 2.05) is 24.3 Å². The second-order valence-corrected chi connectivity index (χ2v) is 21.1. The van der Waals surface area contributed by atoms with E-state index in [-0.39, 0.29) is 97.0 Å². The topological polar surface area (TPSA) is 111 Å². The number of piperidine rings is 2. The van der Waals surface area contributed by atoms with Crippen LogP contribution < -0.4 is 43.8 Å². The Kier molecular flexibility index (Phi) is 9.93. The number of non-ortho nitro benzene ring substituents is 2. The average molecular weight is 1020 g/mol. The molecule has 2 saturated carbocycles. The fourth-order valence-electron chi connectivity index (χ4n) is 17.0. The molecule has 7 fully saturated rings. The Balaban J connectivity index is 0.00000228. The number of halogens is 2. The summed E-state index contributed by atoms with van der Waals surface area (Å²) in [5.41, 5.74) is 9.69. The van der Waals surface area contributed by atoms with Crippen molar-refractivity contribution in [3.8, 4) is 0 Å². The predicted molar refractivity (Wildman–Crippen MR) is 240 cm³/mol. The highest BCUT2D eigenvalue weighted by Gasteiger charge is 2.77. The van der Waals surface area contributed by atoms with Crippen LogP contribution in [0.4, 0.5) is 22.7 Å². The van der Waals surface area contributed by atoms with E-state index in [4.69, 9.17) is 9.47 Å². The van der Waals surface area contributed by atoms with Crippen molar-refractivity contribution in [1.82, 2.24) is 0 Å². The first-order valence-corrected chi connectivity index (χ1v) is 23.8. The van der Waals surface area contributed by atoms with Crippen LogP contribution in [-0.2, 0) is 28.0 Å². The van der Waals surface area contributed by atoms with E-state index in [1.165, 1.54) is 39.2 Å². The van der Waals surface area contributed by atoms with Gasteiger partial charge in [0.25, 0.3) is 11.4 Å². The molecule has 14 heteroatoms. The number of benzene rings is 4. The first-order chi connectivity index (χ1) is 31.3. The number of hydrogen-bond donors (Lipinski definition) is 0. The van der Waals surface area contributed by atoms with Crippen LogP contribution in [-0.4, -0.2) is 94.8 Å². The first kappa shape index (κ1) is 42.9. The minimum absolute atomic E-state index is 0. The third-order valence-corrected chi connectivity index (χ3v) is 19.0. The maximum Gasteiger partial charge on any atom is 0.269 e. The first-order valence-electron chi connectivity index (χ1n) is 23.8. The van der Waals surface area contributed by atoms with E-state index in [9.17, 15) is 20.2 Å². The zero-order valence-corrected chi connectivity index (χ0v) is 39.9. The zero-order chi connectivity index (χ0) is 42.7. The molecule has 14 atom stereocenters. The maximum absolute atomic E-state index is 11.7. The van der Waals surface area contributed by atoms with Crippen LogP contribution >= 0.6 is 0 Å². The monoisotopic (exact) mass is 1020 g/mol. The molecular formula is C52H54Br2N6O6. The number of quaternary nitrogens is 2. The number of nitro benzene ring substituents is 2. The van der Waals surface area contributed by atoms with E-state index in [0.717, 1.165) is 73.9 Å². The summed E-state index contributed by atoms with van der Waals surface area (Å²) in [6.45, 7) is 7.03. The van der Waals surface area contributed by atoms with E-state index in [2.05, 4.69) is 76.5 Å². The number of nitrogens with zero attached hydrogens (tertiary/aromatic N) is 6. The van der Waals surface area contributed by atoms with Crippen LogP contribution in [0.5, 0.6) is 0 Å². The number of nitro groups is 2. The third-order valence-electron chi connectivity index (χ3n) is 19.0. The molecule has 1 spiro atoms. The number of fused-ring (bicyclic) bond motifs is 4. The molecule has 0 radical (unpaired) electrons. The summed E-state index contributed by atoms with van der Waals surface area (Å²) in [5.74, 6) is 1.52. The molecule has 8 heterocycles. The van der Waals surface area contributed by atoms with Gasteiger partial charge in [0, 0.05) is 108 Å². The molecular weight excluding hydrogens is 964 g/mol. The third kappa shape index (κ3) is 5.68. The fourth-order valence-corrected chi connectivity index (χ4v) is 17.0. The molecule has 342 valence electrons. The minimum atomic E-state index is -0.294. The van der Waals surface area contributed by atoms with Gasteiger partial charge in [-0.1, -0.05) is 48.6 Å². The predicted octanol–water partition coefficient (Wildman–Crippen LogP) is 1.89. The Labute approximate surface area is 405 Å². The van der Waals surface area contributed by atoms with Crippen LogP contribution in [0, 0.1) is 49.8 Å². The Morgan fingerprint density at radius 2 is 1.26 bits per heavy atom. The molecule has 10 aliphatic rings. The standard InChI is InChI=1S/C52H54N6O6.2BrH/c59-55(60)37-14-10-32(11-15-37)28-57-22-18-39-44(57)26-40-34(30-57)19-24-63-50-46(40)48(39)53(36-6-2-1-3-7-36)51-47-41-27-45-52(42-8-4-5-9-43(42)54(50)49(47)52)21-23-58(45,31-35(41)20-25-64-51)29-33-12-16-38(17-13-33)56(61)62;;/h1-17,19-20,39-41,44-51H,18,21-31H2;2*1H/q+2;;/p-2/t39-,40-,41-,44-,45-,46+,47+,48+,49-,50+,51+,52+,57?,58?;;/m0../s1. The lowest BCUT2D eigenvalue weighted by molar-refractivity contribution is -0.955. The molecule has 4 aromatic rings. The largest absolute Gasteiger partial charge is 1.00 e. The van der Waals surface area contributed by atoms with Crippen molar-refractivity contribution >= 4 is 22.7 Å². The molecule has 14 rings (SSSR count). The molecule has 4 bridgehead atoms. The van der Waals surface area contributed by atoms with Crippen molar-refractivity contribution in [1.29, 1.82) is 0 Å². The molecule has 66 heavy (non-hydrogen) atoms. The van der Waals surface area contributed by atoms with Gasteiger partial charge in [-0.15, -0.1) is 0 Å². The van der Waals surface area contributed by atoms with Gasteiger partial charge in [-0.05, 0) is 59.2 Å². The molecule has 0 amide bonds. The van der Waals surface area contributed by atoms with E-state index >= 15 is 0 Å². The van der Waals surface area contributed by atoms with Gasteiger partial charge < -0.3 is 62.2 Å². The van der Waals surface area contributed by atoms with Crippen LogP contribution in [0.15, 0.2) is 126 Å². The van der Waals surface area contributed by atoms with E-state index in [0.29, 0.717) is 43.1 Å². The van der Waals surface area contributed by atoms with Crippen molar-refractivity contribution in [2.24, 2.45) is 29.6 Å². The molecule has 0 aromatic heterocycles. The highest BCUT2D eigenvalue weighted by atomic mass is 79.9. The van der Waals surface area contributed by atoms with Crippen molar-refractivity contribution < 1.29 is 62.2 Å². The SMILES string of the molecule is O=[N+]([O-])c1ccc(C[N+]23CC[C@@H]4[C@@H]5[C@@H]6[C@@H](OCC=C(C2)[C@@H]6C[C@@H]43)N2c3ccccc3[C@@]34CC[N+]6(Cc7ccc([N+](=O)[O-])cc7)CC7=CCO[C@H]([C@@H]([C@H]23)[C@H]7C[C@@H]46)N5c2ccccc2)cc1.[Br-].[Br-]. The molecule has 2 aliphatic carbocycles. The molecule has 4 aromatic carbocycles. The number of rotatable bonds is 7. The minimum Gasteiger partial charge on any atom is -1.00 e. The summed E-state index contributed by atoms with van der Waals surface area (Å²) >= 11 is 0. The van der Waals surface area contributed by atoms with Gasteiger partial charge in [0.2, 0.25) is 0 Å². The van der Waals surface area contributed by atoms with Gasteiger partial charge in [0.1, 0.15) is 44.7 Å². The summed E-state index contributed by atoms with van der Waals surface area (Å²) in [5, 5.41) is 23.4. The Morgan fingerprint density at radius 3 is 1.92 bits per heavy atom. The highest BCUT2D eigenvalue weighted by molar-refractivity contribution is 5.68. The van der Waals surface area contributed by atoms with Crippen molar-refractivity contribution in [3.63, 3.8) is 0 Å². The molecule has 12 nitrogen and oxygen atoms in total. The lowest BCUT2D eigenvalue weighted by Crippen LogP contribution is -3.00. The number of anilines is 2. The molecule has 8 aliphatic heterocycles. The molecule has 2 unspecified atom stereocenters. The van der Waals surface area contributed by atoms with Gasteiger partial charge in [-0.25, -0.2) is 0 Å². The summed E-state index contributed by atoms with van der Waals surface area (Å²) in [7, 11) is 0. The van der Waals surface area contributed by atoms with Crippen LogP contribution in [0.2, 0.25) is 0 Å². The second-order valence-electron chi connectivity index (χ2n) is 21.1. The normalized spacial score (nSPS) is 38.8. The van der Waals surface area contributed by atoms with Gasteiger partial charge in [-0.2, -0.15) is 0 Å². The number of hydrogen-bond acceptors (Lipinski definition) is 8. The number of ether oxygens (including phenoxy) is 2. The maximum atomic E-state index is 11.7. The number of para-hydroxylation sites is 2. The summed E-state index contributed by atoms with van der Waals surface area (Å²) in [6, 6.07) is 36.6. The smallest absolute Gasteiger partial charge is 0.269 e. The quantitative estimate of drug-likeness (QED) is 0.120. The molecule has 5 saturated heterocycles. The molecule has 0 N–H and O–H groups in total. The second kappa shape index (κ2) is 15.3. The van der Waals surface area contributed by atoms with Gasteiger partial charge >= 0.3 is 0 Å². The van der Waals surface area contributed by atoms with E-state index in [1.54, 1.807) is 24.3 Å². The van der Waals surface area contributed by atoms with Gasteiger partial charge in [0.15, 0.2) is 0 Å². The van der Waals surface area contributed by atoms with Gasteiger partial charge in [-0.3, -0.25) is 20.2 Å². The van der Waals surface area contributed by atoms with Crippen molar-refractivity contribution in [3.05, 3.63) is 163 Å². The summed E-state index contributed by atoms with van der Waals surface area (Å²) in [6.07, 6.45) is 9.09. The zero-order valence-electron chi connectivity index (χ0n) is 36.7. The van der Waals surface area contributed by atoms with Crippen LogP contribution in [0.1, 0.15) is 42.4 Å². The summed E-state index contributed by atoms with van der Waals surface area (Å²) in [4.78, 5) is 28.5. The van der Waals surface area contributed by atoms with Crippen LogP contribution in [0.25, 0.3) is 0 Å². The lowest BCUT2D eigenvalue weighted by atomic mass is 9.53. The highest BCUT2D eigenvalue weighted by Crippen LogP contribution is 2.69. The Bertz CT molecular complexity index is 2690. The average Bonchev–Trinajstić information content (AvgIpc) is 3.85. The fraction of sp³-hybridized carbons (Fsp3) is 0.462. The lowest BCUT2D eigenvalue weighted by Gasteiger charge is -2.65.